The van der Waals surface area contributed by atoms with Gasteiger partial charge in [-0.3, -0.25) is 4.79 Å². The van der Waals surface area contributed by atoms with Gasteiger partial charge in [0, 0.05) is 5.54 Å². The average molecular weight is 222 g/mol. The van der Waals surface area contributed by atoms with Crippen LogP contribution in [0.3, 0.4) is 0 Å². The molecule has 0 rings (SSSR count). The molecule has 1 N–H and O–H groups in total. The standard InChI is InChI=1S/C8H16BrNO/c1-7(2,3)10-6(11)8(4,5)9/h1-5H3,(H,10,11). The van der Waals surface area contributed by atoms with Crippen molar-refractivity contribution < 1.29 is 4.79 Å². The maximum absolute atomic E-state index is 11.3. The highest BCUT2D eigenvalue weighted by molar-refractivity contribution is 9.10. The van der Waals surface area contributed by atoms with E-state index in [-0.39, 0.29) is 11.4 Å². The minimum atomic E-state index is -0.472. The average Bonchev–Trinajstić information content (AvgIpc) is 1.56. The number of rotatable bonds is 1. The van der Waals surface area contributed by atoms with Crippen molar-refractivity contribution in [2.45, 2.75) is 44.5 Å². The van der Waals surface area contributed by atoms with Gasteiger partial charge in [0.1, 0.15) is 0 Å². The van der Waals surface area contributed by atoms with E-state index in [1.165, 1.54) is 0 Å². The van der Waals surface area contributed by atoms with Gasteiger partial charge >= 0.3 is 0 Å². The molecule has 0 radical (unpaired) electrons. The smallest absolute Gasteiger partial charge is 0.236 e. The molecule has 0 aliphatic carbocycles. The summed E-state index contributed by atoms with van der Waals surface area (Å²) in [6.45, 7) is 9.54. The number of carbonyl (C=O) groups excluding carboxylic acids is 1. The monoisotopic (exact) mass is 221 g/mol. The molecule has 0 atom stereocenters. The van der Waals surface area contributed by atoms with Crippen LogP contribution in [0, 0.1) is 0 Å². The SMILES string of the molecule is CC(C)(C)NC(=O)C(C)(C)Br. The van der Waals surface area contributed by atoms with Gasteiger partial charge in [-0.05, 0) is 34.6 Å². The van der Waals surface area contributed by atoms with Crippen molar-refractivity contribution >= 4 is 21.8 Å². The van der Waals surface area contributed by atoms with Crippen molar-refractivity contribution in [3.05, 3.63) is 0 Å². The molecule has 0 fully saturated rings. The van der Waals surface area contributed by atoms with Crippen LogP contribution in [0.5, 0.6) is 0 Å². The fourth-order valence-corrected chi connectivity index (χ4v) is 0.588. The van der Waals surface area contributed by atoms with E-state index in [1.807, 2.05) is 34.6 Å². The van der Waals surface area contributed by atoms with E-state index >= 15 is 0 Å². The van der Waals surface area contributed by atoms with Crippen LogP contribution in [0.25, 0.3) is 0 Å². The van der Waals surface area contributed by atoms with Crippen LogP contribution in [0.4, 0.5) is 0 Å². The number of hydrogen-bond donors (Lipinski definition) is 1. The molecule has 0 saturated heterocycles. The topological polar surface area (TPSA) is 29.1 Å². The Morgan fingerprint density at radius 1 is 1.18 bits per heavy atom. The van der Waals surface area contributed by atoms with Gasteiger partial charge in [0.15, 0.2) is 0 Å². The Bertz CT molecular complexity index is 152. The summed E-state index contributed by atoms with van der Waals surface area (Å²) in [4.78, 5) is 11.3. The predicted octanol–water partition coefficient (Wildman–Crippen LogP) is 2.07. The largest absolute Gasteiger partial charge is 0.350 e. The second-order valence-corrected chi connectivity index (χ2v) is 6.16. The minimum absolute atomic E-state index is 0.0185. The summed E-state index contributed by atoms with van der Waals surface area (Å²) in [6, 6.07) is 0. The molecule has 0 bridgehead atoms. The first-order valence-electron chi connectivity index (χ1n) is 3.64. The summed E-state index contributed by atoms with van der Waals surface area (Å²) in [6.07, 6.45) is 0. The van der Waals surface area contributed by atoms with Crippen molar-refractivity contribution in [3.63, 3.8) is 0 Å². The number of hydrogen-bond acceptors (Lipinski definition) is 1. The highest BCUT2D eigenvalue weighted by Gasteiger charge is 2.26. The van der Waals surface area contributed by atoms with Gasteiger partial charge in [0.05, 0.1) is 4.32 Å². The molecule has 0 unspecified atom stereocenters. The maximum Gasteiger partial charge on any atom is 0.236 e. The van der Waals surface area contributed by atoms with Gasteiger partial charge in [-0.1, -0.05) is 15.9 Å². The van der Waals surface area contributed by atoms with Gasteiger partial charge in [-0.2, -0.15) is 0 Å². The number of halogens is 1. The van der Waals surface area contributed by atoms with Crippen LogP contribution in [0.15, 0.2) is 0 Å². The van der Waals surface area contributed by atoms with E-state index in [9.17, 15) is 4.79 Å². The van der Waals surface area contributed by atoms with E-state index in [4.69, 9.17) is 0 Å². The van der Waals surface area contributed by atoms with Gasteiger partial charge < -0.3 is 5.32 Å². The van der Waals surface area contributed by atoms with Crippen molar-refractivity contribution in [1.82, 2.24) is 5.32 Å². The summed E-state index contributed by atoms with van der Waals surface area (Å²) in [5, 5.41) is 2.87. The fraction of sp³-hybridized carbons (Fsp3) is 0.875. The zero-order valence-electron chi connectivity index (χ0n) is 7.79. The quantitative estimate of drug-likeness (QED) is 0.676. The molecule has 0 aromatic heterocycles. The minimum Gasteiger partial charge on any atom is -0.350 e. The molecule has 2 nitrogen and oxygen atoms in total. The van der Waals surface area contributed by atoms with E-state index in [2.05, 4.69) is 21.2 Å². The zero-order valence-corrected chi connectivity index (χ0v) is 9.37. The zero-order chi connectivity index (χ0) is 9.28. The van der Waals surface area contributed by atoms with Gasteiger partial charge in [0.25, 0.3) is 0 Å². The van der Waals surface area contributed by atoms with E-state index in [0.717, 1.165) is 0 Å². The van der Waals surface area contributed by atoms with E-state index < -0.39 is 4.32 Å². The van der Waals surface area contributed by atoms with Crippen LogP contribution in [0.2, 0.25) is 0 Å². The molecule has 0 aromatic carbocycles. The summed E-state index contributed by atoms with van der Waals surface area (Å²) in [7, 11) is 0. The Labute approximate surface area is 76.9 Å². The first-order chi connectivity index (χ1) is 4.63. The second kappa shape index (κ2) is 3.13. The Kier molecular flexibility index (Phi) is 3.12. The Balaban J connectivity index is 4.11. The Morgan fingerprint density at radius 2 is 1.55 bits per heavy atom. The molecule has 0 saturated carbocycles. The molecular formula is C8H16BrNO. The lowest BCUT2D eigenvalue weighted by molar-refractivity contribution is -0.123. The van der Waals surface area contributed by atoms with Gasteiger partial charge in [-0.15, -0.1) is 0 Å². The van der Waals surface area contributed by atoms with Crippen LogP contribution >= 0.6 is 15.9 Å². The Morgan fingerprint density at radius 3 is 1.64 bits per heavy atom. The fourth-order valence-electron chi connectivity index (χ4n) is 0.489. The Hall–Kier alpha value is -0.0500. The molecule has 0 aromatic rings. The number of carbonyl (C=O) groups is 1. The van der Waals surface area contributed by atoms with E-state index in [0.29, 0.717) is 0 Å². The van der Waals surface area contributed by atoms with Crippen LogP contribution < -0.4 is 5.32 Å². The molecule has 0 heterocycles. The second-order valence-electron chi connectivity index (χ2n) is 4.18. The lowest BCUT2D eigenvalue weighted by Gasteiger charge is -2.25. The molecule has 0 aliphatic rings. The number of nitrogens with one attached hydrogen (secondary N) is 1. The molecule has 0 spiro atoms. The normalized spacial score (nSPS) is 12.9. The van der Waals surface area contributed by atoms with Crippen LogP contribution in [-0.4, -0.2) is 15.8 Å². The predicted molar refractivity (Wildman–Crippen MR) is 50.9 cm³/mol. The summed E-state index contributed by atoms with van der Waals surface area (Å²) in [5.41, 5.74) is -0.151. The summed E-state index contributed by atoms with van der Waals surface area (Å²) < 4.78 is -0.472. The van der Waals surface area contributed by atoms with Crippen molar-refractivity contribution in [2.75, 3.05) is 0 Å². The van der Waals surface area contributed by atoms with Gasteiger partial charge in [0.2, 0.25) is 5.91 Å². The first kappa shape index (κ1) is 11.0. The van der Waals surface area contributed by atoms with Crippen LogP contribution in [-0.2, 0) is 4.79 Å². The van der Waals surface area contributed by atoms with Crippen molar-refractivity contribution in [3.8, 4) is 0 Å². The molecule has 1 amide bonds. The first-order valence-corrected chi connectivity index (χ1v) is 4.44. The lowest BCUT2D eigenvalue weighted by Crippen LogP contribution is -2.47. The third-order valence-electron chi connectivity index (χ3n) is 1.03. The molecule has 3 heteroatoms. The van der Waals surface area contributed by atoms with Crippen LogP contribution in [0.1, 0.15) is 34.6 Å². The number of alkyl halides is 1. The third kappa shape index (κ3) is 5.24. The van der Waals surface area contributed by atoms with Gasteiger partial charge in [-0.25, -0.2) is 0 Å². The molecular weight excluding hydrogens is 206 g/mol. The molecule has 66 valence electrons. The highest BCUT2D eigenvalue weighted by atomic mass is 79.9. The van der Waals surface area contributed by atoms with Crippen molar-refractivity contribution in [1.29, 1.82) is 0 Å². The maximum atomic E-state index is 11.3. The highest BCUT2D eigenvalue weighted by Crippen LogP contribution is 2.16. The summed E-state index contributed by atoms with van der Waals surface area (Å²) >= 11 is 3.28. The number of amides is 1. The van der Waals surface area contributed by atoms with Crippen molar-refractivity contribution in [2.24, 2.45) is 0 Å². The molecule has 11 heavy (non-hydrogen) atoms. The summed E-state index contributed by atoms with van der Waals surface area (Å²) in [5.74, 6) is 0.0185. The third-order valence-corrected chi connectivity index (χ3v) is 1.39. The molecule has 0 aliphatic heterocycles. The lowest BCUT2D eigenvalue weighted by atomic mass is 10.1. The van der Waals surface area contributed by atoms with E-state index in [1.54, 1.807) is 0 Å².